The Morgan fingerprint density at radius 3 is 1.28 bits per heavy atom. The molecule has 0 N–H and O–H groups in total. The van der Waals surface area contributed by atoms with Gasteiger partial charge in [0.1, 0.15) is 0 Å². The molecule has 8 rings (SSSR count). The Morgan fingerprint density at radius 1 is 0.457 bits per heavy atom. The second-order valence-electron chi connectivity index (χ2n) is 11.9. The van der Waals surface area contributed by atoms with Crippen molar-refractivity contribution < 1.29 is 4.57 Å². The number of fused-ring (bicyclic) bond motifs is 3. The van der Waals surface area contributed by atoms with Gasteiger partial charge in [-0.15, -0.1) is 0 Å². The Kier molecular flexibility index (Phi) is 7.20. The summed E-state index contributed by atoms with van der Waals surface area (Å²) >= 11 is 0. The summed E-state index contributed by atoms with van der Waals surface area (Å²) in [4.78, 5) is 0. The highest BCUT2D eigenvalue weighted by molar-refractivity contribution is 7.68. The van der Waals surface area contributed by atoms with E-state index >= 15 is 4.57 Å². The van der Waals surface area contributed by atoms with Gasteiger partial charge in [-0.3, -0.25) is 13.9 Å². The monoisotopic (exact) mass is 614 g/mol. The van der Waals surface area contributed by atoms with E-state index in [2.05, 4.69) is 174 Å². The number of rotatable bonds is 7. The first kappa shape index (κ1) is 28.4. The smallest absolute Gasteiger partial charge is 0.272 e. The van der Waals surface area contributed by atoms with E-state index in [-0.39, 0.29) is 0 Å². The first-order valence-corrected chi connectivity index (χ1v) is 17.9. The maximum absolute atomic E-state index is 16.3. The van der Waals surface area contributed by atoms with Crippen LogP contribution in [-0.4, -0.2) is 6.16 Å². The summed E-state index contributed by atoms with van der Waals surface area (Å²) in [5.74, 6) is 0. The molecule has 0 unspecified atom stereocenters. The molecule has 224 valence electrons. The lowest BCUT2D eigenvalue weighted by atomic mass is 9.96. The SMILES string of the molecule is CCCCP1(=O)N(c2cccc3cccc(-c4ccccc4)c23)c2ccccc2N1c1cccc2cccc(-c3ccccc3)c12. The lowest BCUT2D eigenvalue weighted by molar-refractivity contribution is 0.574. The van der Waals surface area contributed by atoms with Gasteiger partial charge in [-0.05, 0) is 63.7 Å². The van der Waals surface area contributed by atoms with Gasteiger partial charge < -0.3 is 0 Å². The number of hydrogen-bond acceptors (Lipinski definition) is 1. The number of anilines is 4. The minimum atomic E-state index is -3.30. The minimum absolute atomic E-state index is 0.561. The van der Waals surface area contributed by atoms with Gasteiger partial charge in [0, 0.05) is 16.9 Å². The van der Waals surface area contributed by atoms with E-state index in [1.54, 1.807) is 0 Å². The second-order valence-corrected chi connectivity index (χ2v) is 14.5. The first-order valence-electron chi connectivity index (χ1n) is 16.1. The van der Waals surface area contributed by atoms with Crippen molar-refractivity contribution in [2.75, 3.05) is 15.5 Å². The zero-order chi connectivity index (χ0) is 31.1. The third-order valence-corrected chi connectivity index (χ3v) is 12.2. The molecule has 0 atom stereocenters. The number of nitrogens with zero attached hydrogens (tertiary/aromatic N) is 2. The van der Waals surface area contributed by atoms with Crippen LogP contribution in [0.5, 0.6) is 0 Å². The Balaban J connectivity index is 1.43. The van der Waals surface area contributed by atoms with E-state index in [1.165, 1.54) is 0 Å². The van der Waals surface area contributed by atoms with Gasteiger partial charge in [-0.1, -0.05) is 147 Å². The molecule has 46 heavy (non-hydrogen) atoms. The Labute approximate surface area is 270 Å². The zero-order valence-electron chi connectivity index (χ0n) is 25.9. The van der Waals surface area contributed by atoms with E-state index in [0.29, 0.717) is 6.16 Å². The van der Waals surface area contributed by atoms with Crippen molar-refractivity contribution in [1.82, 2.24) is 0 Å². The number of benzene rings is 7. The van der Waals surface area contributed by atoms with Crippen LogP contribution in [0, 0.1) is 0 Å². The van der Waals surface area contributed by atoms with Gasteiger partial charge in [0.15, 0.2) is 0 Å². The molecule has 0 amide bonds. The van der Waals surface area contributed by atoms with E-state index in [4.69, 9.17) is 0 Å². The van der Waals surface area contributed by atoms with Gasteiger partial charge >= 0.3 is 0 Å². The molecule has 7 aromatic carbocycles. The number of para-hydroxylation sites is 2. The number of hydrogen-bond donors (Lipinski definition) is 0. The molecule has 0 saturated heterocycles. The van der Waals surface area contributed by atoms with Crippen molar-refractivity contribution in [2.45, 2.75) is 19.8 Å². The van der Waals surface area contributed by atoms with Crippen molar-refractivity contribution in [2.24, 2.45) is 0 Å². The van der Waals surface area contributed by atoms with Gasteiger partial charge in [-0.2, -0.15) is 0 Å². The zero-order valence-corrected chi connectivity index (χ0v) is 26.8. The van der Waals surface area contributed by atoms with Gasteiger partial charge in [0.25, 0.3) is 7.44 Å². The summed E-state index contributed by atoms with van der Waals surface area (Å²) in [5.41, 5.74) is 8.50. The number of unbranched alkanes of at least 4 members (excludes halogenated alkanes) is 1. The van der Waals surface area contributed by atoms with Crippen molar-refractivity contribution >= 4 is 51.7 Å². The summed E-state index contributed by atoms with van der Waals surface area (Å²) in [6.45, 7) is 2.18. The molecule has 0 spiro atoms. The summed E-state index contributed by atoms with van der Waals surface area (Å²) in [6.07, 6.45) is 2.37. The van der Waals surface area contributed by atoms with E-state index in [1.807, 2.05) is 0 Å². The minimum Gasteiger partial charge on any atom is -0.275 e. The van der Waals surface area contributed by atoms with Gasteiger partial charge in [-0.25, -0.2) is 0 Å². The molecule has 1 aliphatic rings. The van der Waals surface area contributed by atoms with Gasteiger partial charge in [0.2, 0.25) is 0 Å². The molecular weight excluding hydrogens is 579 g/mol. The third-order valence-electron chi connectivity index (χ3n) is 9.16. The predicted molar refractivity (Wildman–Crippen MR) is 197 cm³/mol. The van der Waals surface area contributed by atoms with Crippen molar-refractivity contribution in [3.8, 4) is 22.3 Å². The summed E-state index contributed by atoms with van der Waals surface area (Å²) < 4.78 is 20.7. The largest absolute Gasteiger partial charge is 0.275 e. The molecule has 1 heterocycles. The van der Waals surface area contributed by atoms with Crippen LogP contribution in [0.2, 0.25) is 0 Å². The van der Waals surface area contributed by atoms with Crippen molar-refractivity contribution in [3.05, 3.63) is 158 Å². The highest BCUT2D eigenvalue weighted by Gasteiger charge is 2.48. The average Bonchev–Trinajstić information content (AvgIpc) is 3.38. The lowest BCUT2D eigenvalue weighted by Crippen LogP contribution is -2.21. The Morgan fingerprint density at radius 2 is 0.848 bits per heavy atom. The summed E-state index contributed by atoms with van der Waals surface area (Å²) in [7, 11) is -3.30. The van der Waals surface area contributed by atoms with Crippen LogP contribution in [-0.2, 0) is 4.57 Å². The first-order chi connectivity index (χ1) is 22.7. The van der Waals surface area contributed by atoms with E-state index in [9.17, 15) is 0 Å². The summed E-state index contributed by atoms with van der Waals surface area (Å²) in [6, 6.07) is 55.3. The molecule has 0 radical (unpaired) electrons. The third kappa shape index (κ3) is 4.54. The Bertz CT molecular complexity index is 2080. The van der Waals surface area contributed by atoms with Crippen molar-refractivity contribution in [3.63, 3.8) is 0 Å². The molecular formula is C42H35N2OP. The van der Waals surface area contributed by atoms with E-state index < -0.39 is 7.44 Å². The molecule has 0 saturated carbocycles. The van der Waals surface area contributed by atoms with Crippen LogP contribution in [0.1, 0.15) is 19.8 Å². The molecule has 0 aromatic heterocycles. The lowest BCUT2D eigenvalue weighted by Gasteiger charge is -2.34. The van der Waals surface area contributed by atoms with Crippen LogP contribution in [0.4, 0.5) is 22.7 Å². The van der Waals surface area contributed by atoms with Crippen LogP contribution >= 0.6 is 7.44 Å². The maximum Gasteiger partial charge on any atom is 0.272 e. The standard InChI is InChI=1S/C42H35N2OP/c1-2-3-30-46(45)43(39-28-14-22-33-20-12-24-35(41(33)39)31-16-6-4-7-17-31)37-26-10-11-27-38(37)44(46)40-29-15-23-34-21-13-25-36(42(34)40)32-18-8-5-9-19-32/h4-29H,2-3,30H2,1H3. The normalized spacial score (nSPS) is 13.8. The maximum atomic E-state index is 16.3. The summed E-state index contributed by atoms with van der Waals surface area (Å²) in [5, 5.41) is 4.50. The van der Waals surface area contributed by atoms with Gasteiger partial charge in [0.05, 0.1) is 22.7 Å². The van der Waals surface area contributed by atoms with Crippen LogP contribution in [0.15, 0.2) is 158 Å². The van der Waals surface area contributed by atoms with Crippen LogP contribution in [0.25, 0.3) is 43.8 Å². The highest BCUT2D eigenvalue weighted by Crippen LogP contribution is 2.72. The topological polar surface area (TPSA) is 23.6 Å². The molecule has 7 aromatic rings. The fourth-order valence-electron chi connectivity index (χ4n) is 7.12. The molecule has 0 bridgehead atoms. The molecule has 4 heteroatoms. The van der Waals surface area contributed by atoms with Crippen LogP contribution in [0.3, 0.4) is 0 Å². The fraction of sp³-hybridized carbons (Fsp3) is 0.0952. The Hall–Kier alpha value is -5.11. The molecule has 0 aliphatic carbocycles. The molecule has 1 aliphatic heterocycles. The van der Waals surface area contributed by atoms with E-state index in [0.717, 1.165) is 79.4 Å². The van der Waals surface area contributed by atoms with Crippen LogP contribution < -0.4 is 9.34 Å². The highest BCUT2D eigenvalue weighted by atomic mass is 31.2. The predicted octanol–water partition coefficient (Wildman–Crippen LogP) is 12.6. The quantitative estimate of drug-likeness (QED) is 0.167. The molecule has 3 nitrogen and oxygen atoms in total. The van der Waals surface area contributed by atoms with Crippen molar-refractivity contribution in [1.29, 1.82) is 0 Å². The fourth-order valence-corrected chi connectivity index (χ4v) is 10.4. The average molecular weight is 615 g/mol. The molecule has 0 fully saturated rings. The second kappa shape index (κ2) is 11.7.